The Kier molecular flexibility index (Phi) is 10.4. The molecule has 0 aliphatic carbocycles. The predicted octanol–water partition coefficient (Wildman–Crippen LogP) is 5.06. The van der Waals surface area contributed by atoms with Crippen LogP contribution in [0.25, 0.3) is 0 Å². The molecule has 39 heavy (non-hydrogen) atoms. The molecule has 0 spiro atoms. The molecule has 0 unspecified atom stereocenters. The van der Waals surface area contributed by atoms with E-state index in [4.69, 9.17) is 23.2 Å². The van der Waals surface area contributed by atoms with Crippen molar-refractivity contribution in [2.24, 2.45) is 0 Å². The summed E-state index contributed by atoms with van der Waals surface area (Å²) in [6.07, 6.45) is 1.11. The second-order valence-electron chi connectivity index (χ2n) is 9.34. The molecule has 0 aliphatic heterocycles. The van der Waals surface area contributed by atoms with E-state index in [0.29, 0.717) is 15.6 Å². The van der Waals surface area contributed by atoms with Gasteiger partial charge in [-0.25, -0.2) is 12.8 Å². The number of hydrogen-bond acceptors (Lipinski definition) is 4. The van der Waals surface area contributed by atoms with Gasteiger partial charge < -0.3 is 10.2 Å². The molecule has 11 heteroatoms. The third kappa shape index (κ3) is 8.42. The Morgan fingerprint density at radius 2 is 1.51 bits per heavy atom. The van der Waals surface area contributed by atoms with Crippen LogP contribution in [0.3, 0.4) is 0 Å². The van der Waals surface area contributed by atoms with Crippen LogP contribution in [0, 0.1) is 5.82 Å². The highest BCUT2D eigenvalue weighted by Gasteiger charge is 2.34. The van der Waals surface area contributed by atoms with Gasteiger partial charge in [-0.15, -0.1) is 0 Å². The van der Waals surface area contributed by atoms with Crippen molar-refractivity contribution in [1.82, 2.24) is 10.2 Å². The fourth-order valence-electron chi connectivity index (χ4n) is 4.01. The summed E-state index contributed by atoms with van der Waals surface area (Å²) in [7, 11) is -3.96. The summed E-state index contributed by atoms with van der Waals surface area (Å²) in [4.78, 5) is 28.8. The number of halogens is 3. The molecule has 0 aliphatic rings. The van der Waals surface area contributed by atoms with Crippen molar-refractivity contribution in [2.75, 3.05) is 17.1 Å². The lowest BCUT2D eigenvalue weighted by atomic mass is 10.0. The summed E-state index contributed by atoms with van der Waals surface area (Å²) in [5.41, 5.74) is 1.31. The minimum absolute atomic E-state index is 0.106. The fraction of sp³-hybridized carbons (Fsp3) is 0.286. The lowest BCUT2D eigenvalue weighted by Crippen LogP contribution is -2.54. The van der Waals surface area contributed by atoms with E-state index >= 15 is 0 Å². The lowest BCUT2D eigenvalue weighted by molar-refractivity contribution is -0.140. The maximum atomic E-state index is 14.0. The minimum Gasteiger partial charge on any atom is -0.352 e. The van der Waals surface area contributed by atoms with E-state index < -0.39 is 40.2 Å². The maximum Gasteiger partial charge on any atom is 0.244 e. The van der Waals surface area contributed by atoms with Crippen LogP contribution in [-0.4, -0.2) is 50.0 Å². The van der Waals surface area contributed by atoms with Crippen molar-refractivity contribution in [1.29, 1.82) is 0 Å². The molecule has 0 aromatic heterocycles. The molecule has 7 nitrogen and oxygen atoms in total. The van der Waals surface area contributed by atoms with E-state index in [9.17, 15) is 22.4 Å². The molecule has 3 rings (SSSR count). The van der Waals surface area contributed by atoms with E-state index in [-0.39, 0.29) is 24.7 Å². The number of sulfonamides is 1. The molecular weight excluding hydrogens is 564 g/mol. The van der Waals surface area contributed by atoms with Gasteiger partial charge in [0.15, 0.2) is 0 Å². The van der Waals surface area contributed by atoms with Crippen LogP contribution in [0.5, 0.6) is 0 Å². The number of hydrogen-bond donors (Lipinski definition) is 1. The first kappa shape index (κ1) is 30.4. The predicted molar refractivity (Wildman–Crippen MR) is 153 cm³/mol. The molecule has 3 aromatic rings. The van der Waals surface area contributed by atoms with Crippen molar-refractivity contribution in [3.8, 4) is 0 Å². The Bertz CT molecular complexity index is 1380. The van der Waals surface area contributed by atoms with Crippen molar-refractivity contribution in [3.63, 3.8) is 0 Å². The number of nitrogens with zero attached hydrogens (tertiary/aromatic N) is 2. The number of benzene rings is 3. The van der Waals surface area contributed by atoms with Gasteiger partial charge in [-0.1, -0.05) is 59.6 Å². The van der Waals surface area contributed by atoms with E-state index in [1.165, 1.54) is 17.0 Å². The van der Waals surface area contributed by atoms with E-state index in [1.807, 2.05) is 30.3 Å². The van der Waals surface area contributed by atoms with Gasteiger partial charge in [-0.3, -0.25) is 13.9 Å². The van der Waals surface area contributed by atoms with Crippen LogP contribution < -0.4 is 9.62 Å². The van der Waals surface area contributed by atoms with Crippen LogP contribution in [0.2, 0.25) is 10.0 Å². The molecule has 2 amide bonds. The third-order valence-corrected chi connectivity index (χ3v) is 7.73. The number of carbonyl (C=O) groups excluding carboxylic acids is 2. The van der Waals surface area contributed by atoms with Crippen LogP contribution in [-0.2, 0) is 32.6 Å². The SMILES string of the molecule is CC(C)NC(=O)[C@@H](Cc1ccccc1)N(Cc1c(Cl)cccc1Cl)C(=O)CN(c1ccc(F)cc1)S(C)(=O)=O. The van der Waals surface area contributed by atoms with Gasteiger partial charge in [-0.2, -0.15) is 0 Å². The highest BCUT2D eigenvalue weighted by molar-refractivity contribution is 7.92. The molecule has 0 bridgehead atoms. The normalized spacial score (nSPS) is 12.2. The Balaban J connectivity index is 2.09. The van der Waals surface area contributed by atoms with Crippen molar-refractivity contribution >= 4 is 50.7 Å². The highest BCUT2D eigenvalue weighted by atomic mass is 35.5. The molecule has 0 saturated carbocycles. The van der Waals surface area contributed by atoms with Gasteiger partial charge in [-0.05, 0) is 55.8 Å². The number of nitrogens with one attached hydrogen (secondary N) is 1. The molecule has 208 valence electrons. The quantitative estimate of drug-likeness (QED) is 0.336. The zero-order valence-electron chi connectivity index (χ0n) is 21.8. The zero-order chi connectivity index (χ0) is 28.7. The van der Waals surface area contributed by atoms with E-state index in [2.05, 4.69) is 5.32 Å². The number of anilines is 1. The summed E-state index contributed by atoms with van der Waals surface area (Å²) in [6, 6.07) is 17.6. The zero-order valence-corrected chi connectivity index (χ0v) is 24.1. The minimum atomic E-state index is -3.96. The van der Waals surface area contributed by atoms with Gasteiger partial charge in [0.2, 0.25) is 21.8 Å². The van der Waals surface area contributed by atoms with Gasteiger partial charge in [0, 0.05) is 34.6 Å². The smallest absolute Gasteiger partial charge is 0.244 e. The molecule has 0 heterocycles. The molecular formula is C28H30Cl2FN3O4S. The van der Waals surface area contributed by atoms with E-state index in [0.717, 1.165) is 28.3 Å². The molecule has 0 radical (unpaired) electrons. The second kappa shape index (κ2) is 13.3. The molecule has 1 atom stereocenters. The van der Waals surface area contributed by atoms with Crippen LogP contribution in [0.4, 0.5) is 10.1 Å². The first-order chi connectivity index (χ1) is 18.4. The molecule has 0 saturated heterocycles. The Labute approximate surface area is 238 Å². The first-order valence-corrected chi connectivity index (χ1v) is 14.8. The first-order valence-electron chi connectivity index (χ1n) is 12.2. The van der Waals surface area contributed by atoms with Gasteiger partial charge in [0.1, 0.15) is 18.4 Å². The number of amides is 2. The van der Waals surface area contributed by atoms with E-state index in [1.54, 1.807) is 32.0 Å². The summed E-state index contributed by atoms with van der Waals surface area (Å²) >= 11 is 12.9. The molecule has 0 fully saturated rings. The summed E-state index contributed by atoms with van der Waals surface area (Å²) in [5, 5.41) is 3.45. The lowest BCUT2D eigenvalue weighted by Gasteiger charge is -2.34. The number of rotatable bonds is 11. The Hall–Kier alpha value is -3.14. The molecule has 1 N–H and O–H groups in total. The standard InChI is InChI=1S/C28H30Cl2FN3O4S/c1-19(2)32-28(36)26(16-20-8-5-4-6-9-20)33(17-23-24(29)10-7-11-25(23)30)27(35)18-34(39(3,37)38)22-14-12-21(31)13-15-22/h4-15,19,26H,16-18H2,1-3H3,(H,32,36)/t26-/m1/s1. The van der Waals surface area contributed by atoms with Crippen LogP contribution >= 0.6 is 23.2 Å². The number of carbonyl (C=O) groups is 2. The fourth-order valence-corrected chi connectivity index (χ4v) is 5.38. The topological polar surface area (TPSA) is 86.8 Å². The molecule has 3 aromatic carbocycles. The summed E-state index contributed by atoms with van der Waals surface area (Å²) in [6.45, 7) is 2.82. The Morgan fingerprint density at radius 1 is 0.923 bits per heavy atom. The highest BCUT2D eigenvalue weighted by Crippen LogP contribution is 2.28. The maximum absolute atomic E-state index is 14.0. The van der Waals surface area contributed by atoms with Crippen molar-refractivity contribution < 1.29 is 22.4 Å². The summed E-state index contributed by atoms with van der Waals surface area (Å²) < 4.78 is 39.9. The monoisotopic (exact) mass is 593 g/mol. The van der Waals surface area contributed by atoms with Crippen molar-refractivity contribution in [3.05, 3.63) is 99.8 Å². The Morgan fingerprint density at radius 3 is 2.05 bits per heavy atom. The van der Waals surface area contributed by atoms with Crippen molar-refractivity contribution in [2.45, 2.75) is 38.9 Å². The van der Waals surface area contributed by atoms with Gasteiger partial charge >= 0.3 is 0 Å². The van der Waals surface area contributed by atoms with Crippen LogP contribution in [0.1, 0.15) is 25.0 Å². The average molecular weight is 595 g/mol. The van der Waals surface area contributed by atoms with Crippen LogP contribution in [0.15, 0.2) is 72.8 Å². The average Bonchev–Trinajstić information content (AvgIpc) is 2.86. The second-order valence-corrected chi connectivity index (χ2v) is 12.1. The van der Waals surface area contributed by atoms with Gasteiger partial charge in [0.05, 0.1) is 11.9 Å². The third-order valence-electron chi connectivity index (χ3n) is 5.89. The van der Waals surface area contributed by atoms with Gasteiger partial charge in [0.25, 0.3) is 0 Å². The summed E-state index contributed by atoms with van der Waals surface area (Å²) in [5.74, 6) is -1.64. The largest absolute Gasteiger partial charge is 0.352 e.